The Labute approximate surface area is 231 Å². The van der Waals surface area contributed by atoms with Crippen LogP contribution in [-0.2, 0) is 36.8 Å². The molecule has 1 aromatic carbocycles. The van der Waals surface area contributed by atoms with E-state index in [-0.39, 0.29) is 43.8 Å². The van der Waals surface area contributed by atoms with Gasteiger partial charge in [0, 0.05) is 24.7 Å². The van der Waals surface area contributed by atoms with Crippen LogP contribution in [-0.4, -0.2) is 73.9 Å². The van der Waals surface area contributed by atoms with Crippen LogP contribution in [0.3, 0.4) is 0 Å². The van der Waals surface area contributed by atoms with E-state index in [1.165, 1.54) is 24.7 Å². The van der Waals surface area contributed by atoms with Crippen molar-refractivity contribution < 1.29 is 34.2 Å². The molecule has 4 unspecified atom stereocenters. The minimum atomic E-state index is -1.41. The van der Waals surface area contributed by atoms with Gasteiger partial charge in [0.05, 0.1) is 12.4 Å². The van der Waals surface area contributed by atoms with Gasteiger partial charge in [0.25, 0.3) is 0 Å². The summed E-state index contributed by atoms with van der Waals surface area (Å²) in [5, 5.41) is 26.5. The normalized spacial score (nSPS) is 14.0. The van der Waals surface area contributed by atoms with Gasteiger partial charge in [-0.05, 0) is 42.9 Å². The Morgan fingerprint density at radius 1 is 0.925 bits per heavy atom. The number of amides is 4. The van der Waals surface area contributed by atoms with Crippen molar-refractivity contribution in [3.05, 3.63) is 48.0 Å². The maximum atomic E-state index is 13.3. The van der Waals surface area contributed by atoms with Gasteiger partial charge in [-0.2, -0.15) is 0 Å². The number of carbonyl (C=O) groups excluding carboxylic acids is 4. The fourth-order valence-corrected chi connectivity index (χ4v) is 3.87. The van der Waals surface area contributed by atoms with Gasteiger partial charge in [0.15, 0.2) is 0 Å². The van der Waals surface area contributed by atoms with E-state index in [1.54, 1.807) is 12.1 Å². The number of aliphatic carboxylic acids is 1. The topological polar surface area (TPSA) is 243 Å². The third kappa shape index (κ3) is 10.7. The van der Waals surface area contributed by atoms with Crippen molar-refractivity contribution in [2.24, 2.45) is 17.4 Å². The molecule has 2 rings (SSSR count). The number of carboxylic acid groups (broad SMARTS) is 1. The molecule has 4 atom stereocenters. The van der Waals surface area contributed by atoms with E-state index in [1.807, 2.05) is 13.8 Å². The van der Waals surface area contributed by atoms with Gasteiger partial charge in [-0.25, -0.2) is 9.78 Å². The lowest BCUT2D eigenvalue weighted by atomic mass is 10.0. The zero-order valence-electron chi connectivity index (χ0n) is 22.4. The van der Waals surface area contributed by atoms with Gasteiger partial charge in [0.2, 0.25) is 23.6 Å². The number of hydrogen-bond acceptors (Lipinski definition) is 8. The predicted molar refractivity (Wildman–Crippen MR) is 143 cm³/mol. The van der Waals surface area contributed by atoms with Gasteiger partial charge in [-0.15, -0.1) is 0 Å². The van der Waals surface area contributed by atoms with Crippen LogP contribution in [0.2, 0.25) is 0 Å². The van der Waals surface area contributed by atoms with E-state index in [0.29, 0.717) is 11.3 Å². The summed E-state index contributed by atoms with van der Waals surface area (Å²) < 4.78 is 0. The molecule has 0 aliphatic carbocycles. The first kappa shape index (κ1) is 31.8. The fourth-order valence-electron chi connectivity index (χ4n) is 3.87. The summed E-state index contributed by atoms with van der Waals surface area (Å²) in [6.07, 6.45) is 2.68. The molecule has 0 aliphatic rings. The van der Waals surface area contributed by atoms with E-state index >= 15 is 0 Å². The van der Waals surface area contributed by atoms with E-state index in [2.05, 4.69) is 25.9 Å². The standard InChI is InChI=1S/C26H37N7O7/c1-14(2)9-20(32-23(36)18(27)10-15-3-5-17(34)6-4-15)24(37)33-21(11-16-12-29-13-30-16)25(38)31-19(26(39)40)7-8-22(28)35/h3-6,12-14,18-21,34H,7-11,27H2,1-2H3,(H2,28,35)(H,29,30)(H,31,38)(H,32,36)(H,33,37)(H,39,40). The highest BCUT2D eigenvalue weighted by molar-refractivity contribution is 5.94. The Kier molecular flexibility index (Phi) is 12.1. The number of H-pyrrole nitrogens is 1. The number of benzene rings is 1. The van der Waals surface area contributed by atoms with E-state index in [9.17, 15) is 34.2 Å². The van der Waals surface area contributed by atoms with Crippen molar-refractivity contribution in [1.29, 1.82) is 0 Å². The molecule has 0 aliphatic heterocycles. The number of carbonyl (C=O) groups is 5. The van der Waals surface area contributed by atoms with Crippen LogP contribution in [0.4, 0.5) is 0 Å². The van der Waals surface area contributed by atoms with Crippen LogP contribution in [0.1, 0.15) is 44.4 Å². The quantitative estimate of drug-likeness (QED) is 0.127. The molecule has 0 spiro atoms. The lowest BCUT2D eigenvalue weighted by Gasteiger charge is -2.26. The van der Waals surface area contributed by atoms with Crippen LogP contribution in [0.25, 0.3) is 0 Å². The zero-order valence-corrected chi connectivity index (χ0v) is 22.4. The SMILES string of the molecule is CC(C)CC(NC(=O)C(N)Cc1ccc(O)cc1)C(=O)NC(Cc1cnc[nH]1)C(=O)NC(CCC(N)=O)C(=O)O. The highest BCUT2D eigenvalue weighted by Crippen LogP contribution is 2.12. The molecule has 14 heteroatoms. The Morgan fingerprint density at radius 2 is 1.52 bits per heavy atom. The van der Waals surface area contributed by atoms with Crippen molar-refractivity contribution in [2.45, 2.75) is 70.1 Å². The number of phenolic OH excluding ortho intramolecular Hbond substituents is 1. The van der Waals surface area contributed by atoms with Crippen molar-refractivity contribution in [1.82, 2.24) is 25.9 Å². The average molecular weight is 560 g/mol. The summed E-state index contributed by atoms with van der Waals surface area (Å²) in [6.45, 7) is 3.71. The molecule has 0 bridgehead atoms. The molecule has 40 heavy (non-hydrogen) atoms. The molecule has 10 N–H and O–H groups in total. The Balaban J connectivity index is 2.16. The number of nitrogens with one attached hydrogen (secondary N) is 4. The molecule has 0 fully saturated rings. The maximum Gasteiger partial charge on any atom is 0.326 e. The monoisotopic (exact) mass is 559 g/mol. The molecule has 2 aromatic rings. The highest BCUT2D eigenvalue weighted by Gasteiger charge is 2.31. The number of aromatic nitrogens is 2. The first-order valence-electron chi connectivity index (χ1n) is 12.8. The van der Waals surface area contributed by atoms with Gasteiger partial charge in [0.1, 0.15) is 23.9 Å². The van der Waals surface area contributed by atoms with Crippen molar-refractivity contribution in [3.63, 3.8) is 0 Å². The van der Waals surface area contributed by atoms with Gasteiger partial charge >= 0.3 is 5.97 Å². The van der Waals surface area contributed by atoms with E-state index in [4.69, 9.17) is 11.5 Å². The molecular formula is C26H37N7O7. The Bertz CT molecular complexity index is 1150. The molecule has 0 saturated carbocycles. The lowest BCUT2D eigenvalue weighted by Crippen LogP contribution is -2.58. The second kappa shape index (κ2) is 15.2. The highest BCUT2D eigenvalue weighted by atomic mass is 16.4. The number of nitrogens with two attached hydrogens (primary N) is 2. The first-order chi connectivity index (χ1) is 18.8. The number of imidazole rings is 1. The summed E-state index contributed by atoms with van der Waals surface area (Å²) in [6, 6.07) is 1.54. The van der Waals surface area contributed by atoms with Gasteiger partial charge < -0.3 is 42.6 Å². The molecule has 0 saturated heterocycles. The molecule has 14 nitrogen and oxygen atoms in total. The summed E-state index contributed by atoms with van der Waals surface area (Å²) in [5.74, 6) is -4.09. The van der Waals surface area contributed by atoms with Crippen LogP contribution in [0.15, 0.2) is 36.8 Å². The lowest BCUT2D eigenvalue weighted by molar-refractivity contribution is -0.142. The number of rotatable bonds is 16. The van der Waals surface area contributed by atoms with Crippen LogP contribution in [0.5, 0.6) is 5.75 Å². The molecule has 1 aromatic heterocycles. The van der Waals surface area contributed by atoms with Crippen molar-refractivity contribution >= 4 is 29.6 Å². The third-order valence-electron chi connectivity index (χ3n) is 5.97. The second-order valence-electron chi connectivity index (χ2n) is 9.91. The molecule has 1 heterocycles. The van der Waals surface area contributed by atoms with Gasteiger partial charge in [-0.3, -0.25) is 19.2 Å². The number of aromatic hydroxyl groups is 1. The number of primary amides is 1. The number of hydrogen-bond donors (Lipinski definition) is 8. The number of phenols is 1. The van der Waals surface area contributed by atoms with E-state index < -0.39 is 53.8 Å². The number of nitrogens with zero attached hydrogens (tertiary/aromatic N) is 1. The van der Waals surface area contributed by atoms with Crippen LogP contribution >= 0.6 is 0 Å². The van der Waals surface area contributed by atoms with Gasteiger partial charge in [-0.1, -0.05) is 26.0 Å². The van der Waals surface area contributed by atoms with Crippen molar-refractivity contribution in [3.8, 4) is 5.75 Å². The van der Waals surface area contributed by atoms with Crippen molar-refractivity contribution in [2.75, 3.05) is 0 Å². The minimum absolute atomic E-state index is 0.0190. The predicted octanol–water partition coefficient (Wildman–Crippen LogP) is -0.922. The Morgan fingerprint density at radius 3 is 2.08 bits per heavy atom. The molecule has 0 radical (unpaired) electrons. The summed E-state index contributed by atoms with van der Waals surface area (Å²) in [5.41, 5.74) is 12.4. The molecular weight excluding hydrogens is 522 g/mol. The average Bonchev–Trinajstić information content (AvgIpc) is 3.39. The molecule has 4 amide bonds. The maximum absolute atomic E-state index is 13.3. The zero-order chi connectivity index (χ0) is 29.8. The first-order valence-corrected chi connectivity index (χ1v) is 12.8. The van der Waals surface area contributed by atoms with E-state index in [0.717, 1.165) is 0 Å². The summed E-state index contributed by atoms with van der Waals surface area (Å²) >= 11 is 0. The summed E-state index contributed by atoms with van der Waals surface area (Å²) in [7, 11) is 0. The Hall–Kier alpha value is -4.46. The minimum Gasteiger partial charge on any atom is -0.508 e. The number of aromatic amines is 1. The fraction of sp³-hybridized carbons (Fsp3) is 0.462. The van der Waals surface area contributed by atoms with Crippen LogP contribution < -0.4 is 27.4 Å². The third-order valence-corrected chi connectivity index (χ3v) is 5.97. The smallest absolute Gasteiger partial charge is 0.326 e. The second-order valence-corrected chi connectivity index (χ2v) is 9.91. The van der Waals surface area contributed by atoms with Crippen LogP contribution in [0, 0.1) is 5.92 Å². The largest absolute Gasteiger partial charge is 0.508 e. The summed E-state index contributed by atoms with van der Waals surface area (Å²) in [4.78, 5) is 68.8. The molecule has 218 valence electrons. The number of carboxylic acids is 1.